The van der Waals surface area contributed by atoms with Gasteiger partial charge in [-0.05, 0) is 46.4 Å². The van der Waals surface area contributed by atoms with Crippen LogP contribution < -0.4 is 0 Å². The van der Waals surface area contributed by atoms with Crippen LogP contribution in [-0.2, 0) is 5.41 Å². The average molecular weight is 312 g/mol. The lowest BCUT2D eigenvalue weighted by molar-refractivity contribution is 0.101. The molecule has 0 amide bonds. The van der Waals surface area contributed by atoms with Gasteiger partial charge in [-0.1, -0.05) is 74.5 Å². The molecule has 0 unspecified atom stereocenters. The van der Waals surface area contributed by atoms with E-state index in [4.69, 9.17) is 0 Å². The Labute approximate surface area is 143 Å². The highest BCUT2D eigenvalue weighted by Crippen LogP contribution is 2.49. The van der Waals surface area contributed by atoms with E-state index >= 15 is 0 Å². The first-order chi connectivity index (χ1) is 11.5. The van der Waals surface area contributed by atoms with E-state index in [1.54, 1.807) is 6.92 Å². The number of Topliss-reactive ketones (excluding diaryl/α,β-unsaturated/α-hetero) is 1. The summed E-state index contributed by atoms with van der Waals surface area (Å²) in [6.07, 6.45) is 0. The summed E-state index contributed by atoms with van der Waals surface area (Å²) >= 11 is 0. The molecule has 1 aliphatic carbocycles. The van der Waals surface area contributed by atoms with E-state index in [2.05, 4.69) is 56.3 Å². The van der Waals surface area contributed by atoms with Crippen molar-refractivity contribution < 1.29 is 4.79 Å². The van der Waals surface area contributed by atoms with Crippen LogP contribution in [0.1, 0.15) is 42.3 Å². The van der Waals surface area contributed by atoms with Gasteiger partial charge >= 0.3 is 0 Å². The van der Waals surface area contributed by atoms with Crippen molar-refractivity contribution in [3.05, 3.63) is 83.4 Å². The van der Waals surface area contributed by atoms with E-state index in [0.29, 0.717) is 0 Å². The third kappa shape index (κ3) is 2.12. The number of rotatable bonds is 2. The number of carbonyl (C=O) groups is 1. The third-order valence-corrected chi connectivity index (χ3v) is 5.21. The number of benzene rings is 3. The van der Waals surface area contributed by atoms with Crippen molar-refractivity contribution in [3.63, 3.8) is 0 Å². The molecule has 0 saturated heterocycles. The molecule has 0 fully saturated rings. The number of hydrogen-bond donors (Lipinski definition) is 0. The topological polar surface area (TPSA) is 17.1 Å². The predicted octanol–water partition coefficient (Wildman–Crippen LogP) is 5.86. The molecule has 0 N–H and O–H groups in total. The second kappa shape index (κ2) is 5.17. The molecule has 0 saturated carbocycles. The van der Waals surface area contributed by atoms with E-state index < -0.39 is 0 Å². The van der Waals surface area contributed by atoms with Crippen molar-refractivity contribution in [3.8, 4) is 22.3 Å². The van der Waals surface area contributed by atoms with Crippen molar-refractivity contribution in [1.29, 1.82) is 0 Å². The predicted molar refractivity (Wildman–Crippen MR) is 99.4 cm³/mol. The molecule has 0 bridgehead atoms. The summed E-state index contributed by atoms with van der Waals surface area (Å²) in [4.78, 5) is 11.5. The summed E-state index contributed by atoms with van der Waals surface area (Å²) in [5.74, 6) is 0.104. The molecule has 3 aromatic carbocycles. The fraction of sp³-hybridized carbons (Fsp3) is 0.174. The van der Waals surface area contributed by atoms with Gasteiger partial charge in [0.25, 0.3) is 0 Å². The Balaban J connectivity index is 1.83. The molecule has 0 radical (unpaired) electrons. The van der Waals surface area contributed by atoms with Crippen molar-refractivity contribution in [1.82, 2.24) is 0 Å². The molecule has 1 nitrogen and oxygen atoms in total. The minimum Gasteiger partial charge on any atom is -0.295 e. The lowest BCUT2D eigenvalue weighted by Gasteiger charge is -2.22. The van der Waals surface area contributed by atoms with E-state index in [0.717, 1.165) is 11.1 Å². The van der Waals surface area contributed by atoms with Gasteiger partial charge in [-0.3, -0.25) is 4.79 Å². The summed E-state index contributed by atoms with van der Waals surface area (Å²) in [6, 6.07) is 23.3. The van der Waals surface area contributed by atoms with Crippen LogP contribution in [0.5, 0.6) is 0 Å². The van der Waals surface area contributed by atoms with Crippen LogP contribution in [0.4, 0.5) is 0 Å². The van der Waals surface area contributed by atoms with E-state index in [-0.39, 0.29) is 11.2 Å². The van der Waals surface area contributed by atoms with Crippen LogP contribution >= 0.6 is 0 Å². The summed E-state index contributed by atoms with van der Waals surface area (Å²) in [6.45, 7) is 6.19. The number of hydrogen-bond acceptors (Lipinski definition) is 1. The second-order valence-electron chi connectivity index (χ2n) is 7.06. The summed E-state index contributed by atoms with van der Waals surface area (Å²) in [5.41, 5.74) is 8.56. The molecule has 0 aliphatic heterocycles. The maximum absolute atomic E-state index is 11.5. The Bertz CT molecular complexity index is 946. The van der Waals surface area contributed by atoms with Crippen LogP contribution in [0.2, 0.25) is 0 Å². The average Bonchev–Trinajstić information content (AvgIpc) is 2.83. The Kier molecular flexibility index (Phi) is 3.21. The zero-order valence-electron chi connectivity index (χ0n) is 14.3. The van der Waals surface area contributed by atoms with E-state index in [9.17, 15) is 4.79 Å². The Morgan fingerprint density at radius 3 is 2.08 bits per heavy atom. The minimum absolute atomic E-state index is 0.0151. The van der Waals surface area contributed by atoms with Gasteiger partial charge in [0.2, 0.25) is 0 Å². The zero-order valence-corrected chi connectivity index (χ0v) is 14.3. The van der Waals surface area contributed by atoms with Crippen molar-refractivity contribution >= 4 is 5.78 Å². The summed E-state index contributed by atoms with van der Waals surface area (Å²) in [5, 5.41) is 0. The first-order valence-electron chi connectivity index (χ1n) is 8.34. The van der Waals surface area contributed by atoms with Gasteiger partial charge in [0.05, 0.1) is 0 Å². The molecule has 0 heterocycles. The van der Waals surface area contributed by atoms with Crippen LogP contribution in [0.3, 0.4) is 0 Å². The second-order valence-corrected chi connectivity index (χ2v) is 7.06. The first kappa shape index (κ1) is 14.9. The standard InChI is InChI=1S/C23H20O/c1-15(24)16-8-10-17(11-9-16)18-12-13-20-19-6-4-5-7-21(19)23(2,3)22(20)14-18/h4-14H,1-3H3. The van der Waals surface area contributed by atoms with Gasteiger partial charge in [-0.15, -0.1) is 0 Å². The monoisotopic (exact) mass is 312 g/mol. The molecular formula is C23H20O. The molecule has 3 aromatic rings. The molecule has 24 heavy (non-hydrogen) atoms. The van der Waals surface area contributed by atoms with E-state index in [1.165, 1.54) is 27.8 Å². The van der Waals surface area contributed by atoms with Crippen LogP contribution in [0.25, 0.3) is 22.3 Å². The maximum Gasteiger partial charge on any atom is 0.159 e. The normalized spacial score (nSPS) is 14.1. The molecule has 0 aromatic heterocycles. The summed E-state index contributed by atoms with van der Waals surface area (Å²) in [7, 11) is 0. The van der Waals surface area contributed by atoms with Crippen LogP contribution in [0, 0.1) is 0 Å². The molecule has 0 spiro atoms. The maximum atomic E-state index is 11.5. The minimum atomic E-state index is 0.0151. The zero-order chi connectivity index (χ0) is 16.9. The number of fused-ring (bicyclic) bond motifs is 3. The lowest BCUT2D eigenvalue weighted by Crippen LogP contribution is -2.14. The quantitative estimate of drug-likeness (QED) is 0.541. The molecule has 118 valence electrons. The van der Waals surface area contributed by atoms with Crippen molar-refractivity contribution in [2.24, 2.45) is 0 Å². The molecule has 1 aliphatic rings. The Hall–Kier alpha value is -2.67. The van der Waals surface area contributed by atoms with Gasteiger partial charge in [-0.25, -0.2) is 0 Å². The molecule has 4 rings (SSSR count). The highest BCUT2D eigenvalue weighted by Gasteiger charge is 2.35. The lowest BCUT2D eigenvalue weighted by atomic mass is 9.81. The molecule has 1 heteroatoms. The highest BCUT2D eigenvalue weighted by molar-refractivity contribution is 5.94. The van der Waals surface area contributed by atoms with Crippen molar-refractivity contribution in [2.45, 2.75) is 26.2 Å². The van der Waals surface area contributed by atoms with Gasteiger partial charge in [0, 0.05) is 11.0 Å². The van der Waals surface area contributed by atoms with Crippen LogP contribution in [0.15, 0.2) is 66.7 Å². The highest BCUT2D eigenvalue weighted by atomic mass is 16.1. The summed E-state index contributed by atoms with van der Waals surface area (Å²) < 4.78 is 0. The van der Waals surface area contributed by atoms with Gasteiger partial charge < -0.3 is 0 Å². The first-order valence-corrected chi connectivity index (χ1v) is 8.34. The molecule has 0 atom stereocenters. The fourth-order valence-corrected chi connectivity index (χ4v) is 3.78. The largest absolute Gasteiger partial charge is 0.295 e. The Morgan fingerprint density at radius 1 is 0.750 bits per heavy atom. The number of carbonyl (C=O) groups excluding carboxylic acids is 1. The smallest absolute Gasteiger partial charge is 0.159 e. The fourth-order valence-electron chi connectivity index (χ4n) is 3.78. The molecular weight excluding hydrogens is 292 g/mol. The third-order valence-electron chi connectivity index (χ3n) is 5.21. The Morgan fingerprint density at radius 2 is 1.38 bits per heavy atom. The van der Waals surface area contributed by atoms with Gasteiger partial charge in [-0.2, -0.15) is 0 Å². The van der Waals surface area contributed by atoms with Crippen molar-refractivity contribution in [2.75, 3.05) is 0 Å². The van der Waals surface area contributed by atoms with Gasteiger partial charge in [0.15, 0.2) is 5.78 Å². The van der Waals surface area contributed by atoms with Gasteiger partial charge in [0.1, 0.15) is 0 Å². The SMILES string of the molecule is CC(=O)c1ccc(-c2ccc3c(c2)C(C)(C)c2ccccc2-3)cc1. The van der Waals surface area contributed by atoms with Crippen LogP contribution in [-0.4, -0.2) is 5.78 Å². The number of ketones is 1. The van der Waals surface area contributed by atoms with E-state index in [1.807, 2.05) is 24.3 Å².